The molecule has 5 heteroatoms. The van der Waals surface area contributed by atoms with Crippen LogP contribution in [-0.4, -0.2) is 4.98 Å². The molecule has 0 bridgehead atoms. The molecule has 3 rings (SSSR count). The summed E-state index contributed by atoms with van der Waals surface area (Å²) in [6.07, 6.45) is 0. The molecule has 0 spiro atoms. The Balaban J connectivity index is 2.16. The minimum absolute atomic E-state index is 0.231. The quantitative estimate of drug-likeness (QED) is 0.670. The van der Waals surface area contributed by atoms with Crippen molar-refractivity contribution in [3.63, 3.8) is 0 Å². The molecule has 0 radical (unpaired) electrons. The van der Waals surface area contributed by atoms with Gasteiger partial charge in [-0.3, -0.25) is 0 Å². The summed E-state index contributed by atoms with van der Waals surface area (Å²) in [6.45, 7) is 0. The lowest BCUT2D eigenvalue weighted by Gasteiger charge is -1.96. The second-order valence-electron chi connectivity index (χ2n) is 3.88. The van der Waals surface area contributed by atoms with Crippen LogP contribution in [0.2, 0.25) is 0 Å². The number of rotatable bonds is 1. The molecular formula is C13H8F2N2O. The first kappa shape index (κ1) is 10.7. The van der Waals surface area contributed by atoms with Crippen molar-refractivity contribution in [3.05, 3.63) is 48.0 Å². The average molecular weight is 246 g/mol. The Morgan fingerprint density at radius 1 is 1.00 bits per heavy atom. The predicted octanol–water partition coefficient (Wildman–Crippen LogP) is 3.36. The lowest BCUT2D eigenvalue weighted by Crippen LogP contribution is -1.85. The number of halogens is 2. The molecule has 0 aliphatic rings. The zero-order valence-corrected chi connectivity index (χ0v) is 9.15. The summed E-state index contributed by atoms with van der Waals surface area (Å²) < 4.78 is 31.4. The Hall–Kier alpha value is -2.43. The van der Waals surface area contributed by atoms with Crippen molar-refractivity contribution in [2.24, 2.45) is 0 Å². The number of aromatic nitrogens is 1. The molecule has 0 saturated heterocycles. The van der Waals surface area contributed by atoms with Crippen LogP contribution in [-0.2, 0) is 0 Å². The molecule has 0 atom stereocenters. The summed E-state index contributed by atoms with van der Waals surface area (Å²) in [7, 11) is 0. The number of anilines is 1. The van der Waals surface area contributed by atoms with Crippen LogP contribution in [0.5, 0.6) is 0 Å². The van der Waals surface area contributed by atoms with Gasteiger partial charge in [-0.25, -0.2) is 13.8 Å². The Kier molecular flexibility index (Phi) is 2.26. The molecule has 0 fully saturated rings. The summed E-state index contributed by atoms with van der Waals surface area (Å²) in [5, 5.41) is 0. The van der Waals surface area contributed by atoms with Gasteiger partial charge in [0.1, 0.15) is 5.52 Å². The predicted molar refractivity (Wildman–Crippen MR) is 63.8 cm³/mol. The molecule has 0 saturated carbocycles. The smallest absolute Gasteiger partial charge is 0.227 e. The minimum atomic E-state index is -0.936. The molecule has 1 heterocycles. The van der Waals surface area contributed by atoms with E-state index in [0.29, 0.717) is 22.4 Å². The molecule has 18 heavy (non-hydrogen) atoms. The topological polar surface area (TPSA) is 52.0 Å². The van der Waals surface area contributed by atoms with Gasteiger partial charge in [0.05, 0.1) is 0 Å². The first-order chi connectivity index (χ1) is 8.63. The van der Waals surface area contributed by atoms with Crippen LogP contribution in [0.15, 0.2) is 40.8 Å². The van der Waals surface area contributed by atoms with Gasteiger partial charge < -0.3 is 10.2 Å². The van der Waals surface area contributed by atoms with E-state index < -0.39 is 11.6 Å². The fourth-order valence-corrected chi connectivity index (χ4v) is 1.70. The highest BCUT2D eigenvalue weighted by Crippen LogP contribution is 2.26. The Morgan fingerprint density at radius 2 is 1.83 bits per heavy atom. The van der Waals surface area contributed by atoms with Gasteiger partial charge in [0.2, 0.25) is 5.89 Å². The second-order valence-corrected chi connectivity index (χ2v) is 3.88. The maximum atomic E-state index is 13.1. The van der Waals surface area contributed by atoms with E-state index >= 15 is 0 Å². The normalized spacial score (nSPS) is 11.0. The second kappa shape index (κ2) is 3.80. The van der Waals surface area contributed by atoms with Gasteiger partial charge >= 0.3 is 0 Å². The number of hydrogen-bond donors (Lipinski definition) is 1. The van der Waals surface area contributed by atoms with Crippen LogP contribution in [0, 0.1) is 11.6 Å². The number of nitrogens with two attached hydrogens (primary N) is 1. The van der Waals surface area contributed by atoms with Crippen molar-refractivity contribution in [3.8, 4) is 11.5 Å². The van der Waals surface area contributed by atoms with Gasteiger partial charge in [0, 0.05) is 11.3 Å². The average Bonchev–Trinajstić information content (AvgIpc) is 2.75. The minimum Gasteiger partial charge on any atom is -0.436 e. The maximum Gasteiger partial charge on any atom is 0.227 e. The Morgan fingerprint density at radius 3 is 2.61 bits per heavy atom. The van der Waals surface area contributed by atoms with Crippen molar-refractivity contribution in [1.82, 2.24) is 4.98 Å². The van der Waals surface area contributed by atoms with Crippen LogP contribution in [0.25, 0.3) is 22.6 Å². The third-order valence-corrected chi connectivity index (χ3v) is 2.58. The fraction of sp³-hybridized carbons (Fsp3) is 0. The molecule has 3 nitrogen and oxygen atoms in total. The van der Waals surface area contributed by atoms with E-state index in [4.69, 9.17) is 10.2 Å². The van der Waals surface area contributed by atoms with Crippen LogP contribution in [0.3, 0.4) is 0 Å². The summed E-state index contributed by atoms with van der Waals surface area (Å²) in [5.41, 5.74) is 7.69. The zero-order chi connectivity index (χ0) is 12.7. The lowest BCUT2D eigenvalue weighted by molar-refractivity contribution is 0.508. The summed E-state index contributed by atoms with van der Waals surface area (Å²) in [6, 6.07) is 8.51. The van der Waals surface area contributed by atoms with E-state index in [0.717, 1.165) is 12.1 Å². The highest BCUT2D eigenvalue weighted by atomic mass is 19.2. The van der Waals surface area contributed by atoms with Crippen LogP contribution in [0.4, 0.5) is 14.5 Å². The van der Waals surface area contributed by atoms with E-state index in [-0.39, 0.29) is 5.89 Å². The van der Waals surface area contributed by atoms with Gasteiger partial charge in [-0.15, -0.1) is 0 Å². The number of fused-ring (bicyclic) bond motifs is 1. The summed E-state index contributed by atoms with van der Waals surface area (Å²) >= 11 is 0. The molecule has 90 valence electrons. The van der Waals surface area contributed by atoms with Gasteiger partial charge in [-0.05, 0) is 36.4 Å². The standard InChI is InChI=1S/C13H8F2N2O/c14-9-3-1-7(5-10(9)15)13-17-11-6-8(16)2-4-12(11)18-13/h1-6H,16H2. The van der Waals surface area contributed by atoms with Gasteiger partial charge in [-0.2, -0.15) is 0 Å². The first-order valence-electron chi connectivity index (χ1n) is 5.25. The van der Waals surface area contributed by atoms with Crippen molar-refractivity contribution >= 4 is 16.8 Å². The molecule has 0 amide bonds. The molecule has 3 aromatic rings. The third-order valence-electron chi connectivity index (χ3n) is 2.58. The van der Waals surface area contributed by atoms with E-state index in [9.17, 15) is 8.78 Å². The largest absolute Gasteiger partial charge is 0.436 e. The van der Waals surface area contributed by atoms with Gasteiger partial charge in [-0.1, -0.05) is 0 Å². The molecule has 2 N–H and O–H groups in total. The Bertz CT molecular complexity index is 737. The molecule has 0 unspecified atom stereocenters. The monoisotopic (exact) mass is 246 g/mol. The van der Waals surface area contributed by atoms with Crippen LogP contribution in [0.1, 0.15) is 0 Å². The maximum absolute atomic E-state index is 13.1. The fourth-order valence-electron chi connectivity index (χ4n) is 1.70. The highest BCUT2D eigenvalue weighted by molar-refractivity contribution is 5.79. The van der Waals surface area contributed by atoms with E-state index in [2.05, 4.69) is 4.98 Å². The van der Waals surface area contributed by atoms with Gasteiger partial charge in [0.25, 0.3) is 0 Å². The summed E-state index contributed by atoms with van der Waals surface area (Å²) in [5.74, 6) is -1.61. The molecular weight excluding hydrogens is 238 g/mol. The zero-order valence-electron chi connectivity index (χ0n) is 9.15. The number of benzene rings is 2. The van der Waals surface area contributed by atoms with Crippen molar-refractivity contribution in [2.45, 2.75) is 0 Å². The number of hydrogen-bond acceptors (Lipinski definition) is 3. The van der Waals surface area contributed by atoms with Crippen molar-refractivity contribution in [2.75, 3.05) is 5.73 Å². The SMILES string of the molecule is Nc1ccc2oc(-c3ccc(F)c(F)c3)nc2c1. The molecule has 0 aliphatic heterocycles. The number of nitrogen functional groups attached to an aromatic ring is 1. The molecule has 0 aliphatic carbocycles. The summed E-state index contributed by atoms with van der Waals surface area (Å²) in [4.78, 5) is 4.18. The third kappa shape index (κ3) is 1.69. The van der Waals surface area contributed by atoms with Crippen molar-refractivity contribution in [1.29, 1.82) is 0 Å². The Labute approximate surface area is 101 Å². The van der Waals surface area contributed by atoms with E-state index in [1.807, 2.05) is 0 Å². The van der Waals surface area contributed by atoms with Crippen LogP contribution >= 0.6 is 0 Å². The molecule has 2 aromatic carbocycles. The molecule has 1 aromatic heterocycles. The highest BCUT2D eigenvalue weighted by Gasteiger charge is 2.11. The van der Waals surface area contributed by atoms with Gasteiger partial charge in [0.15, 0.2) is 17.2 Å². The van der Waals surface area contributed by atoms with Crippen molar-refractivity contribution < 1.29 is 13.2 Å². The van der Waals surface area contributed by atoms with Crippen LogP contribution < -0.4 is 5.73 Å². The van der Waals surface area contributed by atoms with E-state index in [1.54, 1.807) is 18.2 Å². The lowest BCUT2D eigenvalue weighted by atomic mass is 10.2. The first-order valence-corrected chi connectivity index (χ1v) is 5.25. The number of nitrogens with zero attached hydrogens (tertiary/aromatic N) is 1. The van der Waals surface area contributed by atoms with E-state index in [1.165, 1.54) is 6.07 Å². The number of oxazole rings is 1.